The number of thioether (sulfide) groups is 1. The van der Waals surface area contributed by atoms with Gasteiger partial charge in [0.2, 0.25) is 11.1 Å². The lowest BCUT2D eigenvalue weighted by atomic mass is 10.1. The Bertz CT molecular complexity index is 694. The third-order valence-electron chi connectivity index (χ3n) is 2.79. The van der Waals surface area contributed by atoms with Crippen LogP contribution in [-0.2, 0) is 4.79 Å². The summed E-state index contributed by atoms with van der Waals surface area (Å²) in [5.74, 6) is -0.493. The van der Waals surface area contributed by atoms with Crippen molar-refractivity contribution in [2.45, 2.75) is 31.2 Å². The van der Waals surface area contributed by atoms with Crippen LogP contribution >= 0.6 is 11.8 Å². The second-order valence-corrected chi connectivity index (χ2v) is 6.14. The first kappa shape index (κ1) is 16.0. The molecule has 0 saturated heterocycles. The molecule has 0 fully saturated rings. The molecule has 0 unspecified atom stereocenters. The highest BCUT2D eigenvalue weighted by Gasteiger charge is 2.20. The average molecular weight is 320 g/mol. The van der Waals surface area contributed by atoms with Crippen LogP contribution in [-0.4, -0.2) is 37.4 Å². The summed E-state index contributed by atoms with van der Waals surface area (Å²) in [4.78, 5) is 22.4. The minimum Gasteiger partial charge on any atom is -0.351 e. The Hall–Kier alpha value is -2.42. The van der Waals surface area contributed by atoms with E-state index in [0.717, 1.165) is 28.6 Å². The standard InChI is InChI=1S/C13H16N6O2S/c1-7-4-8(2)6-10(5-7)19-13(16-17-18-19)22-9(3)11(20)15-12(14)21/h4-6,9H,1-3H3,(H3,14,15,20,21)/t9-/m1/s1. The van der Waals surface area contributed by atoms with Crippen LogP contribution in [0.15, 0.2) is 23.4 Å². The van der Waals surface area contributed by atoms with Crippen LogP contribution in [0.5, 0.6) is 0 Å². The molecular weight excluding hydrogens is 304 g/mol. The number of rotatable bonds is 4. The molecule has 0 spiro atoms. The largest absolute Gasteiger partial charge is 0.351 e. The molecule has 1 aromatic heterocycles. The van der Waals surface area contributed by atoms with Gasteiger partial charge in [0.15, 0.2) is 0 Å². The van der Waals surface area contributed by atoms with Gasteiger partial charge in [-0.05, 0) is 54.5 Å². The predicted octanol–water partition coefficient (Wildman–Crippen LogP) is 0.955. The summed E-state index contributed by atoms with van der Waals surface area (Å²) in [5.41, 5.74) is 7.91. The smallest absolute Gasteiger partial charge is 0.318 e. The summed E-state index contributed by atoms with van der Waals surface area (Å²) in [5, 5.41) is 13.4. The van der Waals surface area contributed by atoms with Gasteiger partial charge in [-0.15, -0.1) is 5.10 Å². The Morgan fingerprint density at radius 2 is 1.91 bits per heavy atom. The molecule has 3 N–H and O–H groups in total. The van der Waals surface area contributed by atoms with Crippen molar-refractivity contribution in [3.05, 3.63) is 29.3 Å². The summed E-state index contributed by atoms with van der Waals surface area (Å²) in [7, 11) is 0. The maximum atomic E-state index is 11.7. The van der Waals surface area contributed by atoms with Crippen LogP contribution in [0, 0.1) is 13.8 Å². The number of carbonyl (C=O) groups excluding carboxylic acids is 2. The number of imide groups is 1. The molecule has 0 saturated carbocycles. The van der Waals surface area contributed by atoms with Crippen molar-refractivity contribution in [3.8, 4) is 5.69 Å². The molecule has 22 heavy (non-hydrogen) atoms. The van der Waals surface area contributed by atoms with Gasteiger partial charge in [0, 0.05) is 0 Å². The second-order valence-electron chi connectivity index (χ2n) is 4.83. The van der Waals surface area contributed by atoms with Crippen molar-refractivity contribution in [2.75, 3.05) is 0 Å². The number of amides is 3. The quantitative estimate of drug-likeness (QED) is 0.810. The van der Waals surface area contributed by atoms with E-state index >= 15 is 0 Å². The molecule has 0 bridgehead atoms. The molecular formula is C13H16N6O2S. The van der Waals surface area contributed by atoms with Gasteiger partial charge in [-0.25, -0.2) is 4.79 Å². The van der Waals surface area contributed by atoms with Crippen LogP contribution in [0.1, 0.15) is 18.1 Å². The van der Waals surface area contributed by atoms with E-state index in [1.54, 1.807) is 11.6 Å². The lowest BCUT2D eigenvalue weighted by Crippen LogP contribution is -2.39. The van der Waals surface area contributed by atoms with E-state index in [0.29, 0.717) is 5.16 Å². The summed E-state index contributed by atoms with van der Waals surface area (Å²) in [6.45, 7) is 5.61. The van der Waals surface area contributed by atoms with E-state index in [4.69, 9.17) is 5.73 Å². The molecule has 8 nitrogen and oxygen atoms in total. The summed E-state index contributed by atoms with van der Waals surface area (Å²) < 4.78 is 1.55. The summed E-state index contributed by atoms with van der Waals surface area (Å²) in [6, 6.07) is 5.05. The molecule has 0 radical (unpaired) electrons. The number of hydrogen-bond acceptors (Lipinski definition) is 6. The molecule has 1 atom stereocenters. The van der Waals surface area contributed by atoms with Crippen molar-refractivity contribution in [3.63, 3.8) is 0 Å². The number of aromatic nitrogens is 4. The molecule has 1 heterocycles. The van der Waals surface area contributed by atoms with Crippen LogP contribution in [0.2, 0.25) is 0 Å². The van der Waals surface area contributed by atoms with E-state index in [2.05, 4.69) is 15.5 Å². The number of nitrogens with two attached hydrogens (primary N) is 1. The highest BCUT2D eigenvalue weighted by atomic mass is 32.2. The number of aryl methyl sites for hydroxylation is 2. The summed E-state index contributed by atoms with van der Waals surface area (Å²) >= 11 is 1.14. The monoisotopic (exact) mass is 320 g/mol. The Labute approximate surface area is 131 Å². The molecule has 0 aliphatic heterocycles. The lowest BCUT2D eigenvalue weighted by molar-refractivity contribution is -0.119. The molecule has 116 valence electrons. The van der Waals surface area contributed by atoms with Gasteiger partial charge >= 0.3 is 6.03 Å². The zero-order valence-electron chi connectivity index (χ0n) is 12.4. The number of nitrogens with zero attached hydrogens (tertiary/aromatic N) is 4. The Kier molecular flexibility index (Phi) is 4.76. The number of tetrazole rings is 1. The van der Waals surface area contributed by atoms with Crippen molar-refractivity contribution in [2.24, 2.45) is 5.73 Å². The minimum absolute atomic E-state index is 0.456. The average Bonchev–Trinajstić information content (AvgIpc) is 2.84. The van der Waals surface area contributed by atoms with Gasteiger partial charge in [0.1, 0.15) is 0 Å². The van der Waals surface area contributed by atoms with E-state index in [9.17, 15) is 9.59 Å². The van der Waals surface area contributed by atoms with Gasteiger partial charge in [0.05, 0.1) is 10.9 Å². The maximum Gasteiger partial charge on any atom is 0.318 e. The van der Waals surface area contributed by atoms with Crippen molar-refractivity contribution in [1.82, 2.24) is 25.5 Å². The van der Waals surface area contributed by atoms with E-state index in [1.807, 2.05) is 37.4 Å². The second kappa shape index (κ2) is 6.56. The van der Waals surface area contributed by atoms with Crippen molar-refractivity contribution < 1.29 is 9.59 Å². The fourth-order valence-corrected chi connectivity index (χ4v) is 2.73. The number of nitrogens with one attached hydrogen (secondary N) is 1. The zero-order chi connectivity index (χ0) is 16.3. The fraction of sp³-hybridized carbons (Fsp3) is 0.308. The van der Waals surface area contributed by atoms with Crippen molar-refractivity contribution in [1.29, 1.82) is 0 Å². The first-order valence-corrected chi connectivity index (χ1v) is 7.39. The highest BCUT2D eigenvalue weighted by Crippen LogP contribution is 2.23. The first-order valence-electron chi connectivity index (χ1n) is 6.51. The van der Waals surface area contributed by atoms with E-state index in [-0.39, 0.29) is 0 Å². The van der Waals surface area contributed by atoms with Crippen LogP contribution in [0.3, 0.4) is 0 Å². The Morgan fingerprint density at radius 1 is 1.27 bits per heavy atom. The van der Waals surface area contributed by atoms with Gasteiger partial charge in [-0.3, -0.25) is 10.1 Å². The molecule has 2 rings (SSSR count). The number of benzene rings is 1. The van der Waals surface area contributed by atoms with Gasteiger partial charge < -0.3 is 5.73 Å². The van der Waals surface area contributed by atoms with Gasteiger partial charge in [0.25, 0.3) is 0 Å². The van der Waals surface area contributed by atoms with E-state index < -0.39 is 17.2 Å². The van der Waals surface area contributed by atoms with E-state index in [1.165, 1.54) is 0 Å². The third-order valence-corrected chi connectivity index (χ3v) is 3.82. The van der Waals surface area contributed by atoms with Gasteiger partial charge in [-0.1, -0.05) is 17.8 Å². The Morgan fingerprint density at radius 3 is 2.50 bits per heavy atom. The summed E-state index contributed by atoms with van der Waals surface area (Å²) in [6.07, 6.45) is 0. The number of primary amides is 1. The SMILES string of the molecule is Cc1cc(C)cc(-n2nnnc2S[C@H](C)C(=O)NC(N)=O)c1. The molecule has 0 aliphatic carbocycles. The maximum absolute atomic E-state index is 11.7. The zero-order valence-corrected chi connectivity index (χ0v) is 13.2. The predicted molar refractivity (Wildman–Crippen MR) is 81.7 cm³/mol. The number of hydrogen-bond donors (Lipinski definition) is 2. The van der Waals surface area contributed by atoms with Crippen LogP contribution < -0.4 is 11.1 Å². The van der Waals surface area contributed by atoms with Crippen molar-refractivity contribution >= 4 is 23.7 Å². The van der Waals surface area contributed by atoms with Crippen LogP contribution in [0.4, 0.5) is 4.79 Å². The normalized spacial score (nSPS) is 12.0. The molecule has 0 aliphatic rings. The minimum atomic E-state index is -0.883. The first-order chi connectivity index (χ1) is 10.4. The molecule has 3 amide bonds. The Balaban J connectivity index is 2.22. The fourth-order valence-electron chi connectivity index (χ4n) is 1.92. The molecule has 1 aromatic carbocycles. The topological polar surface area (TPSA) is 116 Å². The number of carbonyl (C=O) groups is 2. The van der Waals surface area contributed by atoms with Gasteiger partial charge in [-0.2, -0.15) is 4.68 Å². The van der Waals surface area contributed by atoms with Crippen LogP contribution in [0.25, 0.3) is 5.69 Å². The lowest BCUT2D eigenvalue weighted by Gasteiger charge is -2.10. The highest BCUT2D eigenvalue weighted by molar-refractivity contribution is 8.00. The third kappa shape index (κ3) is 3.82. The molecule has 2 aromatic rings. The molecule has 9 heteroatoms. The number of urea groups is 1.